The van der Waals surface area contributed by atoms with Crippen LogP contribution in [0.25, 0.3) is 38.6 Å². The van der Waals surface area contributed by atoms with E-state index in [0.717, 1.165) is 28.0 Å². The second-order valence-electron chi connectivity index (χ2n) is 9.61. The number of rotatable bonds is 3. The topological polar surface area (TPSA) is 42.3 Å². The summed E-state index contributed by atoms with van der Waals surface area (Å²) in [6.45, 7) is 0. The fourth-order valence-electron chi connectivity index (χ4n) is 5.61. The average Bonchev–Trinajstić information content (AvgIpc) is 3.43. The summed E-state index contributed by atoms with van der Waals surface area (Å²) >= 11 is 0. The fourth-order valence-corrected chi connectivity index (χ4v) is 5.61. The molecule has 0 saturated carbocycles. The summed E-state index contributed by atoms with van der Waals surface area (Å²) in [5, 5.41) is 1.36. The molecule has 2 amide bonds. The number of alkyl halides is 3. The lowest BCUT2D eigenvalue weighted by Crippen LogP contribution is -2.30. The highest BCUT2D eigenvalue weighted by Gasteiger charge is 2.40. The van der Waals surface area contributed by atoms with Gasteiger partial charge in [0, 0.05) is 16.3 Å². The van der Waals surface area contributed by atoms with E-state index in [0.29, 0.717) is 33.4 Å². The first kappa shape index (κ1) is 23.9. The molecule has 1 aliphatic heterocycles. The number of nitrogens with zero attached hydrogens (tertiary/aromatic N) is 2. The molecule has 40 heavy (non-hydrogen) atoms. The summed E-state index contributed by atoms with van der Waals surface area (Å²) in [6, 6.07) is 32.4. The molecule has 0 saturated heterocycles. The van der Waals surface area contributed by atoms with E-state index in [9.17, 15) is 22.8 Å². The lowest BCUT2D eigenvalue weighted by molar-refractivity contribution is -0.137. The van der Waals surface area contributed by atoms with Gasteiger partial charge < -0.3 is 4.57 Å². The number of imide groups is 1. The molecule has 4 nitrogen and oxygen atoms in total. The standard InChI is InChI=1S/C33H19F3N2O2/c34-33(35,36)21-17-18-24-23-12-5-7-15-27(23)37(29(24)19-21)28-16-8-13-25-30(28)32(40)38(31(25)39)26-14-6-4-11-22(26)20-9-2-1-3-10-20/h1-19H. The van der Waals surface area contributed by atoms with E-state index < -0.39 is 23.6 Å². The van der Waals surface area contributed by atoms with E-state index in [-0.39, 0.29) is 11.1 Å². The Labute approximate surface area is 226 Å². The second-order valence-corrected chi connectivity index (χ2v) is 9.61. The van der Waals surface area contributed by atoms with Crippen molar-refractivity contribution in [2.24, 2.45) is 0 Å². The van der Waals surface area contributed by atoms with Crippen molar-refractivity contribution in [2.45, 2.75) is 6.18 Å². The zero-order valence-corrected chi connectivity index (χ0v) is 20.8. The molecule has 0 bridgehead atoms. The predicted molar refractivity (Wildman–Crippen MR) is 149 cm³/mol. The Morgan fingerprint density at radius 2 is 1.20 bits per heavy atom. The summed E-state index contributed by atoms with van der Waals surface area (Å²) in [5.41, 5.74) is 2.83. The number of carbonyl (C=O) groups is 2. The van der Waals surface area contributed by atoms with Crippen molar-refractivity contribution in [2.75, 3.05) is 4.90 Å². The average molecular weight is 533 g/mol. The van der Waals surface area contributed by atoms with Crippen molar-refractivity contribution in [3.05, 3.63) is 132 Å². The van der Waals surface area contributed by atoms with E-state index in [4.69, 9.17) is 0 Å². The van der Waals surface area contributed by atoms with E-state index in [1.54, 1.807) is 47.0 Å². The van der Waals surface area contributed by atoms with Gasteiger partial charge in [-0.05, 0) is 42.0 Å². The van der Waals surface area contributed by atoms with Crippen molar-refractivity contribution in [1.82, 2.24) is 4.57 Å². The molecular formula is C33H19F3N2O2. The first-order valence-electron chi connectivity index (χ1n) is 12.6. The summed E-state index contributed by atoms with van der Waals surface area (Å²) in [4.78, 5) is 29.0. The third-order valence-electron chi connectivity index (χ3n) is 7.36. The molecule has 0 N–H and O–H groups in total. The Bertz CT molecular complexity index is 1990. The number of benzene rings is 5. The third-order valence-corrected chi connectivity index (χ3v) is 7.36. The normalized spacial score (nSPS) is 13.4. The van der Waals surface area contributed by atoms with Crippen molar-refractivity contribution >= 4 is 39.3 Å². The SMILES string of the molecule is O=C1c2cccc(-n3c4ccccc4c4ccc(C(F)(F)F)cc43)c2C(=O)N1c1ccccc1-c1ccccc1. The van der Waals surface area contributed by atoms with Gasteiger partial charge in [0.25, 0.3) is 11.8 Å². The minimum atomic E-state index is -4.54. The van der Waals surface area contributed by atoms with Crippen molar-refractivity contribution in [1.29, 1.82) is 0 Å². The maximum atomic E-state index is 14.1. The number of para-hydroxylation sites is 2. The summed E-state index contributed by atoms with van der Waals surface area (Å²) in [6.07, 6.45) is -4.54. The molecule has 7 rings (SSSR count). The number of fused-ring (bicyclic) bond motifs is 4. The Balaban J connectivity index is 1.47. The van der Waals surface area contributed by atoms with Crippen LogP contribution in [0, 0.1) is 0 Å². The molecule has 2 heterocycles. The van der Waals surface area contributed by atoms with Crippen molar-refractivity contribution in [3.8, 4) is 16.8 Å². The molecule has 7 heteroatoms. The van der Waals surface area contributed by atoms with Crippen molar-refractivity contribution < 1.29 is 22.8 Å². The number of hydrogen-bond acceptors (Lipinski definition) is 2. The Kier molecular flexibility index (Phi) is 5.19. The van der Waals surface area contributed by atoms with Crippen LogP contribution >= 0.6 is 0 Å². The molecule has 0 aliphatic carbocycles. The first-order chi connectivity index (χ1) is 19.3. The molecule has 0 fully saturated rings. The highest BCUT2D eigenvalue weighted by molar-refractivity contribution is 6.36. The minimum Gasteiger partial charge on any atom is -0.308 e. The smallest absolute Gasteiger partial charge is 0.308 e. The van der Waals surface area contributed by atoms with Gasteiger partial charge in [-0.1, -0.05) is 78.9 Å². The zero-order chi connectivity index (χ0) is 27.6. The predicted octanol–water partition coefficient (Wildman–Crippen LogP) is 8.27. The van der Waals surface area contributed by atoms with Crippen LogP contribution in [0.2, 0.25) is 0 Å². The molecule has 1 aliphatic rings. The molecule has 0 radical (unpaired) electrons. The van der Waals surface area contributed by atoms with Gasteiger partial charge in [0.2, 0.25) is 0 Å². The largest absolute Gasteiger partial charge is 0.416 e. The Morgan fingerprint density at radius 1 is 0.550 bits per heavy atom. The summed E-state index contributed by atoms with van der Waals surface area (Å²) < 4.78 is 42.9. The van der Waals surface area contributed by atoms with Gasteiger partial charge in [0.15, 0.2) is 0 Å². The van der Waals surface area contributed by atoms with Gasteiger partial charge in [-0.3, -0.25) is 9.59 Å². The van der Waals surface area contributed by atoms with E-state index in [1.165, 1.54) is 6.07 Å². The van der Waals surface area contributed by atoms with Gasteiger partial charge in [0.05, 0.1) is 39.1 Å². The monoisotopic (exact) mass is 532 g/mol. The molecule has 6 aromatic rings. The van der Waals surface area contributed by atoms with Crippen LogP contribution in [0.5, 0.6) is 0 Å². The summed E-state index contributed by atoms with van der Waals surface area (Å²) in [5.74, 6) is -1.01. The minimum absolute atomic E-state index is 0.149. The number of hydrogen-bond donors (Lipinski definition) is 0. The maximum Gasteiger partial charge on any atom is 0.416 e. The van der Waals surface area contributed by atoms with Gasteiger partial charge in [-0.15, -0.1) is 0 Å². The van der Waals surface area contributed by atoms with Crippen LogP contribution in [0.4, 0.5) is 18.9 Å². The number of halogens is 3. The van der Waals surface area contributed by atoms with Gasteiger partial charge in [0.1, 0.15) is 0 Å². The number of amides is 2. The zero-order valence-electron chi connectivity index (χ0n) is 20.8. The molecule has 0 unspecified atom stereocenters. The van der Waals surface area contributed by atoms with Gasteiger partial charge in [-0.25, -0.2) is 4.90 Å². The van der Waals surface area contributed by atoms with E-state index >= 15 is 0 Å². The van der Waals surface area contributed by atoms with Crippen LogP contribution in [-0.2, 0) is 6.18 Å². The van der Waals surface area contributed by atoms with E-state index in [1.807, 2.05) is 54.6 Å². The second kappa shape index (κ2) is 8.68. The molecule has 0 atom stereocenters. The molecule has 0 spiro atoms. The summed E-state index contributed by atoms with van der Waals surface area (Å²) in [7, 11) is 0. The highest BCUT2D eigenvalue weighted by Crippen LogP contribution is 2.41. The van der Waals surface area contributed by atoms with Crippen LogP contribution in [0.3, 0.4) is 0 Å². The third kappa shape index (κ3) is 3.48. The lowest BCUT2D eigenvalue weighted by atomic mass is 10.0. The van der Waals surface area contributed by atoms with Gasteiger partial charge in [-0.2, -0.15) is 13.2 Å². The lowest BCUT2D eigenvalue weighted by Gasteiger charge is -2.18. The highest BCUT2D eigenvalue weighted by atomic mass is 19.4. The molecule has 5 aromatic carbocycles. The van der Waals surface area contributed by atoms with E-state index in [2.05, 4.69) is 0 Å². The van der Waals surface area contributed by atoms with Crippen LogP contribution in [0.15, 0.2) is 115 Å². The molecular weight excluding hydrogens is 513 g/mol. The fraction of sp³-hybridized carbons (Fsp3) is 0.0303. The van der Waals surface area contributed by atoms with Crippen molar-refractivity contribution in [3.63, 3.8) is 0 Å². The number of carbonyl (C=O) groups excluding carboxylic acids is 2. The number of aromatic nitrogens is 1. The van der Waals surface area contributed by atoms with Gasteiger partial charge >= 0.3 is 6.18 Å². The molecule has 1 aromatic heterocycles. The Hall–Kier alpha value is -5.17. The quantitative estimate of drug-likeness (QED) is 0.215. The van der Waals surface area contributed by atoms with Crippen LogP contribution in [0.1, 0.15) is 26.3 Å². The Morgan fingerprint density at radius 3 is 2.00 bits per heavy atom. The van der Waals surface area contributed by atoms with Crippen LogP contribution in [-0.4, -0.2) is 16.4 Å². The first-order valence-corrected chi connectivity index (χ1v) is 12.6. The maximum absolute atomic E-state index is 14.1. The number of anilines is 1. The molecule has 194 valence electrons. The van der Waals surface area contributed by atoms with Crippen LogP contribution < -0.4 is 4.90 Å².